The lowest BCUT2D eigenvalue weighted by molar-refractivity contribution is -0.0938. The molecule has 0 aromatic carbocycles. The second kappa shape index (κ2) is 4.66. The lowest BCUT2D eigenvalue weighted by atomic mass is 9.47. The molecule has 2 fully saturated rings. The maximum Gasteiger partial charge on any atom is 0.0584 e. The quantitative estimate of drug-likeness (QED) is 0.770. The third kappa shape index (κ3) is 1.91. The molecule has 0 heterocycles. The Hall–Kier alpha value is -0.0800. The smallest absolute Gasteiger partial charge is 0.0584 e. The summed E-state index contributed by atoms with van der Waals surface area (Å²) in [5, 5.41) is 13.0. The third-order valence-corrected chi connectivity index (χ3v) is 5.13. The van der Waals surface area contributed by atoms with E-state index in [1.165, 1.54) is 25.7 Å². The molecule has 0 saturated heterocycles. The minimum Gasteiger partial charge on any atom is -0.395 e. The number of rotatable bonds is 4. The predicted octanol–water partition coefficient (Wildman–Crippen LogP) is 2.56. The van der Waals surface area contributed by atoms with E-state index in [0.29, 0.717) is 17.5 Å². The Morgan fingerprint density at radius 2 is 2.00 bits per heavy atom. The van der Waals surface area contributed by atoms with Gasteiger partial charge in [0.25, 0.3) is 0 Å². The van der Waals surface area contributed by atoms with Crippen LogP contribution in [0.4, 0.5) is 0 Å². The molecule has 1 unspecified atom stereocenters. The molecule has 2 aliphatic rings. The van der Waals surface area contributed by atoms with Gasteiger partial charge in [-0.15, -0.1) is 0 Å². The molecule has 0 bridgehead atoms. The lowest BCUT2D eigenvalue weighted by Crippen LogP contribution is -2.66. The van der Waals surface area contributed by atoms with Crippen molar-refractivity contribution in [3.8, 4) is 0 Å². The van der Waals surface area contributed by atoms with Crippen LogP contribution in [0.15, 0.2) is 0 Å². The summed E-state index contributed by atoms with van der Waals surface area (Å²) in [6, 6.07) is 0.932. The van der Waals surface area contributed by atoms with E-state index >= 15 is 0 Å². The fourth-order valence-electron chi connectivity index (χ4n) is 4.04. The molecule has 16 heavy (non-hydrogen) atoms. The van der Waals surface area contributed by atoms with E-state index in [1.54, 1.807) is 0 Å². The number of nitrogens with one attached hydrogen (secondary N) is 1. The molecule has 0 amide bonds. The molecule has 0 aliphatic heterocycles. The van der Waals surface area contributed by atoms with Crippen LogP contribution in [-0.4, -0.2) is 23.8 Å². The molecular weight excluding hydrogens is 198 g/mol. The Labute approximate surface area is 99.8 Å². The van der Waals surface area contributed by atoms with E-state index < -0.39 is 0 Å². The van der Waals surface area contributed by atoms with Crippen molar-refractivity contribution in [1.29, 1.82) is 0 Å². The number of fused-ring (bicyclic) bond motifs is 1. The monoisotopic (exact) mass is 225 g/mol. The van der Waals surface area contributed by atoms with Crippen molar-refractivity contribution in [3.63, 3.8) is 0 Å². The van der Waals surface area contributed by atoms with Crippen molar-refractivity contribution in [3.05, 3.63) is 0 Å². The predicted molar refractivity (Wildman–Crippen MR) is 67.3 cm³/mol. The minimum absolute atomic E-state index is 0.278. The van der Waals surface area contributed by atoms with Crippen molar-refractivity contribution < 1.29 is 5.11 Å². The molecule has 2 nitrogen and oxygen atoms in total. The molecule has 0 aromatic rings. The maximum atomic E-state index is 9.30. The van der Waals surface area contributed by atoms with Gasteiger partial charge in [0.05, 0.1) is 6.61 Å². The summed E-state index contributed by atoms with van der Waals surface area (Å²) in [5.74, 6) is 1.80. The lowest BCUT2D eigenvalue weighted by Gasteiger charge is -2.62. The SMILES string of the molecule is CC[C@H](CO)NC1[C@@H]2CCCC[C@@H]2C1(C)C. The first kappa shape index (κ1) is 12.4. The summed E-state index contributed by atoms with van der Waals surface area (Å²) in [4.78, 5) is 0. The molecule has 0 radical (unpaired) electrons. The average molecular weight is 225 g/mol. The zero-order chi connectivity index (χ0) is 11.8. The summed E-state index contributed by atoms with van der Waals surface area (Å²) >= 11 is 0. The Bertz CT molecular complexity index is 235. The average Bonchev–Trinajstić information content (AvgIpc) is 2.30. The van der Waals surface area contributed by atoms with Crippen molar-refractivity contribution in [2.75, 3.05) is 6.61 Å². The Morgan fingerprint density at radius 1 is 1.31 bits per heavy atom. The molecule has 2 rings (SSSR count). The molecule has 2 saturated carbocycles. The van der Waals surface area contributed by atoms with Gasteiger partial charge >= 0.3 is 0 Å². The van der Waals surface area contributed by atoms with E-state index in [0.717, 1.165) is 18.3 Å². The Kier molecular flexibility index (Phi) is 3.60. The summed E-state index contributed by atoms with van der Waals surface area (Å²) in [6.07, 6.45) is 6.68. The highest BCUT2D eigenvalue weighted by Gasteiger charge is 2.56. The fourth-order valence-corrected chi connectivity index (χ4v) is 4.04. The Morgan fingerprint density at radius 3 is 2.62 bits per heavy atom. The molecule has 4 atom stereocenters. The van der Waals surface area contributed by atoms with Crippen LogP contribution in [0, 0.1) is 17.3 Å². The normalized spacial score (nSPS) is 38.6. The number of aliphatic hydroxyl groups is 1. The van der Waals surface area contributed by atoms with E-state index in [1.807, 2.05) is 0 Å². The molecule has 2 aliphatic carbocycles. The van der Waals surface area contributed by atoms with E-state index in [4.69, 9.17) is 0 Å². The summed E-state index contributed by atoms with van der Waals surface area (Å²) < 4.78 is 0. The van der Waals surface area contributed by atoms with Crippen LogP contribution >= 0.6 is 0 Å². The highest BCUT2D eigenvalue weighted by Crippen LogP contribution is 2.57. The van der Waals surface area contributed by atoms with Gasteiger partial charge in [0.15, 0.2) is 0 Å². The topological polar surface area (TPSA) is 32.3 Å². The van der Waals surface area contributed by atoms with Crippen LogP contribution in [0.3, 0.4) is 0 Å². The van der Waals surface area contributed by atoms with Crippen LogP contribution in [0.2, 0.25) is 0 Å². The van der Waals surface area contributed by atoms with Gasteiger partial charge in [0.2, 0.25) is 0 Å². The zero-order valence-electron chi connectivity index (χ0n) is 11.0. The van der Waals surface area contributed by atoms with Gasteiger partial charge in [-0.3, -0.25) is 0 Å². The highest BCUT2D eigenvalue weighted by molar-refractivity contribution is 5.09. The molecule has 2 N–H and O–H groups in total. The van der Waals surface area contributed by atoms with E-state index in [-0.39, 0.29) is 6.61 Å². The number of aliphatic hydroxyl groups excluding tert-OH is 1. The largest absolute Gasteiger partial charge is 0.395 e. The van der Waals surface area contributed by atoms with Crippen molar-refractivity contribution >= 4 is 0 Å². The molecule has 2 heteroatoms. The van der Waals surface area contributed by atoms with Crippen LogP contribution in [0.1, 0.15) is 52.9 Å². The van der Waals surface area contributed by atoms with Crippen LogP contribution in [0.5, 0.6) is 0 Å². The molecule has 0 spiro atoms. The highest BCUT2D eigenvalue weighted by atomic mass is 16.3. The van der Waals surface area contributed by atoms with Gasteiger partial charge in [-0.05, 0) is 36.5 Å². The van der Waals surface area contributed by atoms with Gasteiger partial charge in [-0.25, -0.2) is 0 Å². The molecule has 94 valence electrons. The minimum atomic E-state index is 0.278. The molecule has 0 aromatic heterocycles. The third-order valence-electron chi connectivity index (χ3n) is 5.13. The summed E-state index contributed by atoms with van der Waals surface area (Å²) in [6.45, 7) is 7.24. The van der Waals surface area contributed by atoms with E-state index in [9.17, 15) is 5.11 Å². The second-order valence-corrected chi connectivity index (χ2v) is 6.31. The first-order valence-corrected chi connectivity index (χ1v) is 6.98. The summed E-state index contributed by atoms with van der Waals surface area (Å²) in [7, 11) is 0. The first-order chi connectivity index (χ1) is 7.61. The van der Waals surface area contributed by atoms with E-state index in [2.05, 4.69) is 26.1 Å². The van der Waals surface area contributed by atoms with Gasteiger partial charge in [-0.1, -0.05) is 33.6 Å². The number of hydrogen-bond acceptors (Lipinski definition) is 2. The van der Waals surface area contributed by atoms with Crippen molar-refractivity contribution in [2.45, 2.75) is 65.0 Å². The van der Waals surface area contributed by atoms with Crippen molar-refractivity contribution in [2.24, 2.45) is 17.3 Å². The van der Waals surface area contributed by atoms with Crippen molar-refractivity contribution in [1.82, 2.24) is 5.32 Å². The maximum absolute atomic E-state index is 9.30. The summed E-state index contributed by atoms with van der Waals surface area (Å²) in [5.41, 5.74) is 0.438. The number of hydrogen-bond donors (Lipinski definition) is 2. The van der Waals surface area contributed by atoms with Gasteiger partial charge in [-0.2, -0.15) is 0 Å². The Balaban J connectivity index is 1.98. The van der Waals surface area contributed by atoms with Crippen LogP contribution < -0.4 is 5.32 Å². The first-order valence-electron chi connectivity index (χ1n) is 6.98. The van der Waals surface area contributed by atoms with Crippen LogP contribution in [-0.2, 0) is 0 Å². The van der Waals surface area contributed by atoms with Gasteiger partial charge < -0.3 is 10.4 Å². The van der Waals surface area contributed by atoms with Gasteiger partial charge in [0, 0.05) is 12.1 Å². The fraction of sp³-hybridized carbons (Fsp3) is 1.00. The van der Waals surface area contributed by atoms with Gasteiger partial charge in [0.1, 0.15) is 0 Å². The second-order valence-electron chi connectivity index (χ2n) is 6.31. The standard InChI is InChI=1S/C14H27NO/c1-4-10(9-16)15-13-11-7-5-6-8-12(11)14(13,2)3/h10-13,15-16H,4-9H2,1-3H3/t10-,11-,12+,13?/m1/s1. The van der Waals surface area contributed by atoms with Crippen LogP contribution in [0.25, 0.3) is 0 Å². The zero-order valence-corrected chi connectivity index (χ0v) is 11.0. The molecular formula is C14H27NO.